The molecule has 0 amide bonds. The van der Waals surface area contributed by atoms with Crippen LogP contribution in [-0.2, 0) is 9.29 Å². The molecule has 2 N–H and O–H groups in total. The monoisotopic (exact) mass is 172 g/mol. The van der Waals surface area contributed by atoms with E-state index in [1.807, 2.05) is 0 Å². The maximum atomic E-state index is 10.2. The second kappa shape index (κ2) is 6.46. The van der Waals surface area contributed by atoms with Gasteiger partial charge in [0.2, 0.25) is 0 Å². The molecule has 0 fully saturated rings. The van der Waals surface area contributed by atoms with Gasteiger partial charge in [-0.1, -0.05) is 4.73 Å². The molecule has 0 aliphatic rings. The van der Waals surface area contributed by atoms with Crippen LogP contribution < -0.4 is 0 Å². The van der Waals surface area contributed by atoms with Gasteiger partial charge in [-0.3, -0.25) is 0 Å². The molecule has 0 radical (unpaired) electrons. The van der Waals surface area contributed by atoms with Crippen LogP contribution in [-0.4, -0.2) is 50.2 Å². The lowest BCUT2D eigenvalue weighted by molar-refractivity contribution is -0.0389. The molecule has 0 heterocycles. The van der Waals surface area contributed by atoms with Crippen molar-refractivity contribution >= 4 is 48.2 Å². The first-order chi connectivity index (χ1) is 2.56. The number of rotatable bonds is 1. The summed E-state index contributed by atoms with van der Waals surface area (Å²) in [5.74, 6) is 0. The van der Waals surface area contributed by atoms with Crippen LogP contribution in [0.15, 0.2) is 0 Å². The third-order valence-electron chi connectivity index (χ3n) is 0.0899. The quantitative estimate of drug-likeness (QED) is 0.351. The highest BCUT2D eigenvalue weighted by molar-refractivity contribution is 7.46. The Kier molecular flexibility index (Phi) is 13.0. The molecule has 0 atom stereocenters. The predicted molar refractivity (Wildman–Crippen MR) is 32.7 cm³/mol. The van der Waals surface area contributed by atoms with Crippen LogP contribution in [0.4, 0.5) is 4.53 Å². The number of phosphoric acid groups is 1. The molecule has 0 spiro atoms. The summed E-state index contributed by atoms with van der Waals surface area (Å²) in [4.78, 5) is 14.7. The third-order valence-corrected chi connectivity index (χ3v) is 0.270. The Labute approximate surface area is 71.8 Å². The molecule has 0 unspecified atom stereocenters. The minimum absolute atomic E-state index is 0. The Morgan fingerprint density at radius 3 is 1.62 bits per heavy atom. The number of hydrogen-bond donors (Lipinski definition) is 2. The molecule has 0 rings (SSSR count). The van der Waals surface area contributed by atoms with Crippen molar-refractivity contribution in [2.24, 2.45) is 0 Å². The van der Waals surface area contributed by atoms with Crippen LogP contribution in [0.2, 0.25) is 0 Å². The van der Waals surface area contributed by atoms with Gasteiger partial charge in [0.1, 0.15) is 0 Å². The Morgan fingerprint density at radius 1 is 1.50 bits per heavy atom. The van der Waals surface area contributed by atoms with Crippen molar-refractivity contribution in [2.75, 3.05) is 0 Å². The largest absolute Gasteiger partial charge is 0.500 e. The average Bonchev–Trinajstić information content (AvgIpc) is 1.35. The van der Waals surface area contributed by atoms with E-state index >= 15 is 0 Å². The van der Waals surface area contributed by atoms with E-state index in [9.17, 15) is 4.53 Å². The van der Waals surface area contributed by atoms with Crippen molar-refractivity contribution in [3.8, 4) is 0 Å². The Hall–Kier alpha value is 1.34. The molecule has 0 saturated carbocycles. The van der Waals surface area contributed by atoms with E-state index in [0.29, 0.717) is 0 Å². The van der Waals surface area contributed by atoms with E-state index in [2.05, 4.69) is 4.73 Å². The Balaban J connectivity index is -0.000000125. The second-order valence-electron chi connectivity index (χ2n) is 0.560. The number of halogens is 1. The summed E-state index contributed by atoms with van der Waals surface area (Å²) < 4.78 is 21.4. The van der Waals surface area contributed by atoms with Crippen LogP contribution in [0.1, 0.15) is 0 Å². The van der Waals surface area contributed by atoms with Gasteiger partial charge in [-0.05, 0) is 4.53 Å². The van der Waals surface area contributed by atoms with Gasteiger partial charge in [-0.25, -0.2) is 4.57 Å². The van der Waals surface area contributed by atoms with Gasteiger partial charge < -0.3 is 9.79 Å². The van der Waals surface area contributed by atoms with E-state index in [0.717, 1.165) is 0 Å². The molecule has 0 aliphatic carbocycles. The van der Waals surface area contributed by atoms with Crippen molar-refractivity contribution < 1.29 is 23.6 Å². The highest BCUT2D eigenvalue weighted by atomic mass is 31.2. The maximum absolute atomic E-state index is 10.2. The van der Waals surface area contributed by atoms with Crippen molar-refractivity contribution in [3.63, 3.8) is 0 Å². The molecular weight excluding hydrogens is 165 g/mol. The van der Waals surface area contributed by atoms with Gasteiger partial charge in [-0.15, -0.1) is 0 Å². The fraction of sp³-hybridized carbons (Fsp3) is 0. The first kappa shape index (κ1) is 16.2. The molecule has 4 nitrogen and oxygen atoms in total. The lowest BCUT2D eigenvalue weighted by atomic mass is 15.6. The Morgan fingerprint density at radius 2 is 1.62 bits per heavy atom. The summed E-state index contributed by atoms with van der Waals surface area (Å²) in [5, 5.41) is 0. The molecular formula is H7AlFMgO4P. The van der Waals surface area contributed by atoms with Crippen LogP contribution in [0.25, 0.3) is 0 Å². The summed E-state index contributed by atoms with van der Waals surface area (Å²) >= 11 is 0. The minimum atomic E-state index is -4.81. The molecule has 8 heteroatoms. The standard InChI is InChI=1S/Al.FH2O4P.Mg.5H/c;1-5-6(2,3)4;;;;;;/h;(H2,2,3,4);;;;;;. The molecule has 0 aromatic carbocycles. The van der Waals surface area contributed by atoms with Crippen LogP contribution in [0.3, 0.4) is 0 Å². The fourth-order valence-corrected chi connectivity index (χ4v) is 0. The van der Waals surface area contributed by atoms with E-state index in [1.54, 1.807) is 0 Å². The molecule has 0 aromatic heterocycles. The van der Waals surface area contributed by atoms with Crippen molar-refractivity contribution in [3.05, 3.63) is 0 Å². The molecule has 0 aromatic rings. The smallest absolute Gasteiger partial charge is 0.301 e. The lowest BCUT2D eigenvalue weighted by Gasteiger charge is -1.87. The summed E-state index contributed by atoms with van der Waals surface area (Å²) in [6.07, 6.45) is 0. The van der Waals surface area contributed by atoms with Gasteiger partial charge in [0.25, 0.3) is 0 Å². The third kappa shape index (κ3) is 15.7. The highest BCUT2D eigenvalue weighted by Gasteiger charge is 2.12. The first-order valence-electron chi connectivity index (χ1n) is 0.919. The zero-order valence-corrected chi connectivity index (χ0v) is 3.43. The van der Waals surface area contributed by atoms with Gasteiger partial charge in [-0.2, -0.15) is 0 Å². The molecule has 0 aliphatic heterocycles. The van der Waals surface area contributed by atoms with E-state index in [-0.39, 0.29) is 40.4 Å². The fourth-order valence-electron chi connectivity index (χ4n) is 0. The van der Waals surface area contributed by atoms with E-state index in [4.69, 9.17) is 14.4 Å². The molecule has 0 saturated heterocycles. The van der Waals surface area contributed by atoms with Gasteiger partial charge in [0.15, 0.2) is 17.4 Å². The van der Waals surface area contributed by atoms with Crippen LogP contribution in [0, 0.1) is 0 Å². The van der Waals surface area contributed by atoms with E-state index < -0.39 is 7.82 Å². The zero-order chi connectivity index (χ0) is 5.21. The topological polar surface area (TPSA) is 66.8 Å². The lowest BCUT2D eigenvalue weighted by Crippen LogP contribution is -1.71. The second-order valence-corrected chi connectivity index (χ2v) is 1.68. The minimum Gasteiger partial charge on any atom is -0.301 e. The van der Waals surface area contributed by atoms with Crippen LogP contribution in [0.5, 0.6) is 0 Å². The molecule has 8 heavy (non-hydrogen) atoms. The van der Waals surface area contributed by atoms with Crippen molar-refractivity contribution in [1.82, 2.24) is 0 Å². The van der Waals surface area contributed by atoms with Crippen molar-refractivity contribution in [1.29, 1.82) is 0 Å². The maximum Gasteiger partial charge on any atom is 0.500 e. The SMILES string of the molecule is O=P(O)(O)OF.[AlH3].[MgH2]. The average molecular weight is 172 g/mol. The normalized spacial score (nSPS) is 8.88. The summed E-state index contributed by atoms with van der Waals surface area (Å²) in [7, 11) is -4.81. The zero-order valence-electron chi connectivity index (χ0n) is 2.54. The summed E-state index contributed by atoms with van der Waals surface area (Å²) in [6.45, 7) is 0. The molecule has 0 bridgehead atoms. The first-order valence-corrected chi connectivity index (χ1v) is 2.45. The van der Waals surface area contributed by atoms with Crippen LogP contribution >= 0.6 is 7.82 Å². The Bertz CT molecular complexity index is 80.1. The summed E-state index contributed by atoms with van der Waals surface area (Å²) in [5.41, 5.74) is 0. The van der Waals surface area contributed by atoms with E-state index in [1.165, 1.54) is 0 Å². The molecule has 48 valence electrons. The van der Waals surface area contributed by atoms with Gasteiger partial charge in [0.05, 0.1) is 0 Å². The van der Waals surface area contributed by atoms with Gasteiger partial charge >= 0.3 is 30.9 Å². The van der Waals surface area contributed by atoms with Crippen molar-refractivity contribution in [2.45, 2.75) is 0 Å². The highest BCUT2D eigenvalue weighted by Crippen LogP contribution is 2.35. The van der Waals surface area contributed by atoms with Gasteiger partial charge in [0, 0.05) is 0 Å². The number of hydrogen-bond acceptors (Lipinski definition) is 2. The summed E-state index contributed by atoms with van der Waals surface area (Å²) in [6, 6.07) is 0. The predicted octanol–water partition coefficient (Wildman–Crippen LogP) is -2.12.